The average molecular weight is 327 g/mol. The van der Waals surface area contributed by atoms with Crippen LogP contribution in [0.4, 0.5) is 5.82 Å². The van der Waals surface area contributed by atoms with Gasteiger partial charge in [-0.1, -0.05) is 0 Å². The van der Waals surface area contributed by atoms with Crippen molar-refractivity contribution in [1.29, 1.82) is 0 Å². The lowest BCUT2D eigenvalue weighted by Crippen LogP contribution is -1.92. The number of aromatic amines is 1. The molecule has 0 saturated heterocycles. The molecule has 18 heavy (non-hydrogen) atoms. The van der Waals surface area contributed by atoms with Gasteiger partial charge in [-0.25, -0.2) is 9.97 Å². The molecule has 0 spiro atoms. The number of nitrogen functional groups attached to an aromatic ring is 1. The molecule has 3 heterocycles. The molecule has 0 aliphatic heterocycles. The third-order valence-electron chi connectivity index (χ3n) is 2.72. The zero-order chi connectivity index (χ0) is 12.7. The van der Waals surface area contributed by atoms with E-state index in [0.29, 0.717) is 24.2 Å². The molecule has 0 radical (unpaired) electrons. The quantitative estimate of drug-likeness (QED) is 0.689. The van der Waals surface area contributed by atoms with Crippen molar-refractivity contribution in [3.8, 4) is 0 Å². The van der Waals surface area contributed by atoms with Gasteiger partial charge in [-0.2, -0.15) is 0 Å². The molecule has 0 unspecified atom stereocenters. The summed E-state index contributed by atoms with van der Waals surface area (Å²) in [6.07, 6.45) is 1.39. The zero-order valence-electron chi connectivity index (χ0n) is 9.40. The second kappa shape index (κ2) is 4.49. The van der Waals surface area contributed by atoms with E-state index in [0.717, 1.165) is 25.3 Å². The smallest absolute Gasteiger partial charge is 0.152 e. The second-order valence-electron chi connectivity index (χ2n) is 4.00. The fourth-order valence-electron chi connectivity index (χ4n) is 1.93. The normalized spacial score (nSPS) is 11.7. The van der Waals surface area contributed by atoms with Crippen molar-refractivity contribution < 1.29 is 5.11 Å². The molecular formula is C11H11BrN4OS. The van der Waals surface area contributed by atoms with Crippen LogP contribution in [0, 0.1) is 0 Å². The third kappa shape index (κ3) is 1.88. The van der Waals surface area contributed by atoms with Gasteiger partial charge in [0.2, 0.25) is 0 Å². The maximum absolute atomic E-state index is 8.85. The number of imidazole rings is 1. The molecule has 0 aliphatic carbocycles. The Bertz CT molecular complexity index is 721. The van der Waals surface area contributed by atoms with E-state index >= 15 is 0 Å². The number of hydrogen-bond acceptors (Lipinski definition) is 5. The Morgan fingerprint density at radius 1 is 1.44 bits per heavy atom. The van der Waals surface area contributed by atoms with Crippen molar-refractivity contribution in [2.24, 2.45) is 0 Å². The molecular weight excluding hydrogens is 316 g/mol. The Hall–Kier alpha value is -1.18. The molecule has 0 bridgehead atoms. The molecule has 0 aliphatic rings. The summed E-state index contributed by atoms with van der Waals surface area (Å²) in [7, 11) is 0. The minimum atomic E-state index is 0.157. The van der Waals surface area contributed by atoms with Crippen LogP contribution in [0.15, 0.2) is 9.85 Å². The van der Waals surface area contributed by atoms with Crippen molar-refractivity contribution in [3.63, 3.8) is 0 Å². The van der Waals surface area contributed by atoms with Crippen LogP contribution in [-0.2, 0) is 6.42 Å². The Labute approximate surface area is 115 Å². The van der Waals surface area contributed by atoms with Gasteiger partial charge >= 0.3 is 0 Å². The molecule has 94 valence electrons. The highest BCUT2D eigenvalue weighted by atomic mass is 79.9. The number of H-pyrrole nitrogens is 1. The van der Waals surface area contributed by atoms with Crippen molar-refractivity contribution in [2.75, 3.05) is 12.3 Å². The fourth-order valence-corrected chi connectivity index (χ4v) is 3.46. The minimum Gasteiger partial charge on any atom is -0.396 e. The van der Waals surface area contributed by atoms with Crippen LogP contribution >= 0.6 is 27.3 Å². The van der Waals surface area contributed by atoms with E-state index in [1.54, 1.807) is 11.3 Å². The van der Waals surface area contributed by atoms with E-state index in [-0.39, 0.29) is 6.61 Å². The summed E-state index contributed by atoms with van der Waals surface area (Å²) >= 11 is 5.06. The fraction of sp³-hybridized carbons (Fsp3) is 0.273. The second-order valence-corrected chi connectivity index (χ2v) is 6.43. The molecule has 3 rings (SSSR count). The van der Waals surface area contributed by atoms with Crippen molar-refractivity contribution >= 4 is 54.3 Å². The molecule has 7 heteroatoms. The van der Waals surface area contributed by atoms with Gasteiger partial charge in [-0.05, 0) is 28.4 Å². The predicted octanol–water partition coefficient (Wildman–Crippen LogP) is 2.44. The van der Waals surface area contributed by atoms with Crippen LogP contribution in [0.3, 0.4) is 0 Å². The summed E-state index contributed by atoms with van der Waals surface area (Å²) in [6.45, 7) is 0.157. The van der Waals surface area contributed by atoms with Gasteiger partial charge in [0.1, 0.15) is 11.3 Å². The maximum Gasteiger partial charge on any atom is 0.152 e. The lowest BCUT2D eigenvalue weighted by Gasteiger charge is -1.94. The molecule has 3 aromatic rings. The Balaban J connectivity index is 2.23. The van der Waals surface area contributed by atoms with E-state index in [1.165, 1.54) is 0 Å². The first-order valence-corrected chi connectivity index (χ1v) is 7.14. The largest absolute Gasteiger partial charge is 0.396 e. The van der Waals surface area contributed by atoms with Crippen LogP contribution in [0.2, 0.25) is 0 Å². The van der Waals surface area contributed by atoms with Crippen LogP contribution in [-0.4, -0.2) is 26.7 Å². The SMILES string of the molecule is Nc1nc2cc(Br)sc2c2[nH]c(CCCO)nc12. The van der Waals surface area contributed by atoms with Gasteiger partial charge in [0.25, 0.3) is 0 Å². The summed E-state index contributed by atoms with van der Waals surface area (Å²) in [5, 5.41) is 8.85. The number of aryl methyl sites for hydroxylation is 1. The molecule has 5 nitrogen and oxygen atoms in total. The standard InChI is InChI=1S/C11H11BrN4OS/c12-6-4-5-10(18-6)8-9(11(13)14-5)16-7(15-8)2-1-3-17/h4,17H,1-3H2,(H2,13,14)(H,15,16). The van der Waals surface area contributed by atoms with Crippen LogP contribution < -0.4 is 5.73 Å². The summed E-state index contributed by atoms with van der Waals surface area (Å²) in [5.41, 5.74) is 8.43. The Morgan fingerprint density at radius 2 is 2.28 bits per heavy atom. The molecule has 0 amide bonds. The topological polar surface area (TPSA) is 87.8 Å². The molecule has 0 fully saturated rings. The van der Waals surface area contributed by atoms with Gasteiger partial charge in [0.05, 0.1) is 19.5 Å². The van der Waals surface area contributed by atoms with Gasteiger partial charge in [0.15, 0.2) is 5.82 Å². The Morgan fingerprint density at radius 3 is 3.06 bits per heavy atom. The summed E-state index contributed by atoms with van der Waals surface area (Å²) < 4.78 is 2.07. The molecule has 0 atom stereocenters. The zero-order valence-corrected chi connectivity index (χ0v) is 11.8. The number of nitrogens with two attached hydrogens (primary N) is 1. The number of rotatable bonds is 3. The van der Waals surface area contributed by atoms with Crippen LogP contribution in [0.5, 0.6) is 0 Å². The average Bonchev–Trinajstić information content (AvgIpc) is 2.89. The number of thiophene rings is 1. The van der Waals surface area contributed by atoms with Crippen molar-refractivity contribution in [1.82, 2.24) is 15.0 Å². The van der Waals surface area contributed by atoms with E-state index in [1.807, 2.05) is 6.07 Å². The number of fused-ring (bicyclic) bond motifs is 3. The highest BCUT2D eigenvalue weighted by Gasteiger charge is 2.13. The highest BCUT2D eigenvalue weighted by Crippen LogP contribution is 2.35. The Kier molecular flexibility index (Phi) is 2.96. The minimum absolute atomic E-state index is 0.157. The van der Waals surface area contributed by atoms with E-state index in [2.05, 4.69) is 30.9 Å². The summed E-state index contributed by atoms with van der Waals surface area (Å²) in [5.74, 6) is 1.28. The van der Waals surface area contributed by atoms with E-state index in [9.17, 15) is 0 Å². The van der Waals surface area contributed by atoms with Gasteiger partial charge in [-0.3, -0.25) is 0 Å². The van der Waals surface area contributed by atoms with Crippen LogP contribution in [0.25, 0.3) is 21.3 Å². The lowest BCUT2D eigenvalue weighted by molar-refractivity contribution is 0.287. The van der Waals surface area contributed by atoms with E-state index < -0.39 is 0 Å². The monoisotopic (exact) mass is 326 g/mol. The first kappa shape index (κ1) is 11.9. The van der Waals surface area contributed by atoms with Crippen molar-refractivity contribution in [2.45, 2.75) is 12.8 Å². The number of hydrogen-bond donors (Lipinski definition) is 3. The number of halogens is 1. The number of aromatic nitrogens is 3. The first-order valence-electron chi connectivity index (χ1n) is 5.53. The maximum atomic E-state index is 8.85. The highest BCUT2D eigenvalue weighted by molar-refractivity contribution is 9.11. The third-order valence-corrected chi connectivity index (χ3v) is 4.36. The van der Waals surface area contributed by atoms with Gasteiger partial charge in [-0.15, -0.1) is 11.3 Å². The van der Waals surface area contributed by atoms with Crippen LogP contribution in [0.1, 0.15) is 12.2 Å². The summed E-state index contributed by atoms with van der Waals surface area (Å²) in [4.78, 5) is 12.1. The van der Waals surface area contributed by atoms with E-state index in [4.69, 9.17) is 10.8 Å². The molecule has 0 saturated carbocycles. The van der Waals surface area contributed by atoms with Gasteiger partial charge in [0, 0.05) is 13.0 Å². The number of aliphatic hydroxyl groups excluding tert-OH is 1. The number of anilines is 1. The number of nitrogens with one attached hydrogen (secondary N) is 1. The molecule has 4 N–H and O–H groups in total. The number of aliphatic hydroxyl groups is 1. The lowest BCUT2D eigenvalue weighted by atomic mass is 10.3. The summed E-state index contributed by atoms with van der Waals surface area (Å²) in [6, 6.07) is 1.95. The molecule has 0 aromatic carbocycles. The number of pyridine rings is 1. The first-order chi connectivity index (χ1) is 8.69. The van der Waals surface area contributed by atoms with Gasteiger partial charge < -0.3 is 15.8 Å². The molecule has 3 aromatic heterocycles. The van der Waals surface area contributed by atoms with Crippen molar-refractivity contribution in [3.05, 3.63) is 15.7 Å². The predicted molar refractivity (Wildman–Crippen MR) is 76.8 cm³/mol. The number of nitrogens with zero attached hydrogens (tertiary/aromatic N) is 2.